The van der Waals surface area contributed by atoms with Crippen molar-refractivity contribution in [1.29, 1.82) is 0 Å². The molecule has 0 aliphatic rings. The lowest BCUT2D eigenvalue weighted by molar-refractivity contribution is 0.390. The van der Waals surface area contributed by atoms with E-state index in [2.05, 4.69) is 15.0 Å². The van der Waals surface area contributed by atoms with Crippen molar-refractivity contribution >= 4 is 10.0 Å². The summed E-state index contributed by atoms with van der Waals surface area (Å²) in [5, 5.41) is 2.98. The van der Waals surface area contributed by atoms with Gasteiger partial charge < -0.3 is 14.2 Å². The molecule has 0 saturated heterocycles. The van der Waals surface area contributed by atoms with Crippen molar-refractivity contribution < 1.29 is 17.3 Å². The smallest absolute Gasteiger partial charge is 0.273 e. The molecule has 2 heterocycles. The lowest BCUT2D eigenvalue weighted by Gasteiger charge is -1.99. The minimum absolute atomic E-state index is 0.0976. The zero-order chi connectivity index (χ0) is 14.8. The normalized spacial score (nSPS) is 11.9. The number of oxazole rings is 1. The molecule has 0 spiro atoms. The van der Waals surface area contributed by atoms with Gasteiger partial charge in [-0.25, -0.2) is 18.1 Å². The standard InChI is InChI=1S/C12H17N3O4S/c1-8-9(2)18-11(15-8)7-14-6-10-4-5-12(19-10)20(16,17)13-3/h4-5,13-14H,6-7H2,1-3H3. The van der Waals surface area contributed by atoms with Crippen molar-refractivity contribution in [3.63, 3.8) is 0 Å². The molecule has 0 fully saturated rings. The first-order valence-electron chi connectivity index (χ1n) is 6.08. The molecule has 20 heavy (non-hydrogen) atoms. The summed E-state index contributed by atoms with van der Waals surface area (Å²) in [7, 11) is -2.20. The van der Waals surface area contributed by atoms with Crippen molar-refractivity contribution in [1.82, 2.24) is 15.0 Å². The Hall–Kier alpha value is -1.64. The summed E-state index contributed by atoms with van der Waals surface area (Å²) < 4.78 is 35.9. The Morgan fingerprint density at radius 1 is 1.20 bits per heavy atom. The first-order valence-corrected chi connectivity index (χ1v) is 7.56. The summed E-state index contributed by atoms with van der Waals surface area (Å²) >= 11 is 0. The highest BCUT2D eigenvalue weighted by Gasteiger charge is 2.16. The van der Waals surface area contributed by atoms with E-state index < -0.39 is 10.0 Å². The van der Waals surface area contributed by atoms with Crippen molar-refractivity contribution in [2.75, 3.05) is 7.05 Å². The lowest BCUT2D eigenvalue weighted by Crippen LogP contribution is -2.17. The van der Waals surface area contributed by atoms with E-state index in [-0.39, 0.29) is 5.09 Å². The molecule has 0 bridgehead atoms. The zero-order valence-corrected chi connectivity index (χ0v) is 12.4. The van der Waals surface area contributed by atoms with Gasteiger partial charge in [-0.15, -0.1) is 0 Å². The molecule has 8 heteroatoms. The third-order valence-electron chi connectivity index (χ3n) is 2.82. The summed E-state index contributed by atoms with van der Waals surface area (Å²) in [5.74, 6) is 1.91. The van der Waals surface area contributed by atoms with Gasteiger partial charge in [0.25, 0.3) is 10.0 Å². The number of sulfonamides is 1. The number of nitrogens with zero attached hydrogens (tertiary/aromatic N) is 1. The number of aryl methyl sites for hydroxylation is 2. The fraction of sp³-hybridized carbons (Fsp3) is 0.417. The average Bonchev–Trinajstić information content (AvgIpc) is 2.98. The second-order valence-corrected chi connectivity index (χ2v) is 6.10. The molecule has 0 aromatic carbocycles. The van der Waals surface area contributed by atoms with Crippen LogP contribution in [0.3, 0.4) is 0 Å². The van der Waals surface area contributed by atoms with E-state index in [0.717, 1.165) is 11.5 Å². The van der Waals surface area contributed by atoms with Gasteiger partial charge in [-0.2, -0.15) is 0 Å². The van der Waals surface area contributed by atoms with Crippen molar-refractivity contribution in [2.45, 2.75) is 32.0 Å². The summed E-state index contributed by atoms with van der Waals surface area (Å²) in [4.78, 5) is 4.23. The molecular formula is C12H17N3O4S. The van der Waals surface area contributed by atoms with Crippen molar-refractivity contribution in [3.05, 3.63) is 35.2 Å². The van der Waals surface area contributed by atoms with Crippen LogP contribution in [-0.4, -0.2) is 20.4 Å². The number of hydrogen-bond donors (Lipinski definition) is 2. The Morgan fingerprint density at radius 2 is 1.95 bits per heavy atom. The first kappa shape index (κ1) is 14.8. The van der Waals surface area contributed by atoms with Crippen LogP contribution in [0.5, 0.6) is 0 Å². The highest BCUT2D eigenvalue weighted by molar-refractivity contribution is 7.89. The summed E-state index contributed by atoms with van der Waals surface area (Å²) in [5.41, 5.74) is 0.863. The Bertz CT molecular complexity index is 668. The molecule has 0 aliphatic heterocycles. The van der Waals surface area contributed by atoms with E-state index in [1.165, 1.54) is 13.1 Å². The van der Waals surface area contributed by atoms with Crippen LogP contribution in [0, 0.1) is 13.8 Å². The molecule has 2 rings (SSSR count). The minimum Gasteiger partial charge on any atom is -0.447 e. The number of hydrogen-bond acceptors (Lipinski definition) is 6. The van der Waals surface area contributed by atoms with Gasteiger partial charge in [0.1, 0.15) is 11.5 Å². The van der Waals surface area contributed by atoms with Gasteiger partial charge in [0.2, 0.25) is 11.0 Å². The maximum Gasteiger partial charge on any atom is 0.273 e. The van der Waals surface area contributed by atoms with E-state index in [0.29, 0.717) is 24.7 Å². The molecule has 2 N–H and O–H groups in total. The van der Waals surface area contributed by atoms with Gasteiger partial charge in [-0.05, 0) is 33.0 Å². The number of furan rings is 1. The molecule has 110 valence electrons. The number of aromatic nitrogens is 1. The van der Waals surface area contributed by atoms with Crippen molar-refractivity contribution in [3.8, 4) is 0 Å². The summed E-state index contributed by atoms with van der Waals surface area (Å²) in [6, 6.07) is 3.03. The van der Waals surface area contributed by atoms with Gasteiger partial charge in [0, 0.05) is 0 Å². The van der Waals surface area contributed by atoms with E-state index in [1.54, 1.807) is 6.07 Å². The SMILES string of the molecule is CNS(=O)(=O)c1ccc(CNCc2nc(C)c(C)o2)o1. The highest BCUT2D eigenvalue weighted by Crippen LogP contribution is 2.13. The van der Waals surface area contributed by atoms with Crippen LogP contribution < -0.4 is 10.0 Å². The van der Waals surface area contributed by atoms with Gasteiger partial charge >= 0.3 is 0 Å². The van der Waals surface area contributed by atoms with E-state index >= 15 is 0 Å². The average molecular weight is 299 g/mol. The Kier molecular flexibility index (Phi) is 4.26. The minimum atomic E-state index is -3.53. The van der Waals surface area contributed by atoms with Gasteiger partial charge in [0.05, 0.1) is 18.8 Å². The van der Waals surface area contributed by atoms with Crippen LogP contribution in [0.1, 0.15) is 23.1 Å². The molecule has 0 unspecified atom stereocenters. The molecule has 0 amide bonds. The largest absolute Gasteiger partial charge is 0.447 e. The number of nitrogens with one attached hydrogen (secondary N) is 2. The Labute approximate surface area is 117 Å². The van der Waals surface area contributed by atoms with Crippen LogP contribution in [-0.2, 0) is 23.1 Å². The maximum atomic E-state index is 11.5. The topological polar surface area (TPSA) is 97.4 Å². The zero-order valence-electron chi connectivity index (χ0n) is 11.6. The third-order valence-corrected chi connectivity index (χ3v) is 4.11. The fourth-order valence-electron chi connectivity index (χ4n) is 1.61. The van der Waals surface area contributed by atoms with E-state index in [9.17, 15) is 8.42 Å². The number of rotatable bonds is 6. The van der Waals surface area contributed by atoms with Gasteiger partial charge in [-0.1, -0.05) is 0 Å². The molecular weight excluding hydrogens is 282 g/mol. The summed E-state index contributed by atoms with van der Waals surface area (Å²) in [6.45, 7) is 4.57. The predicted octanol–water partition coefficient (Wildman–Crippen LogP) is 1.08. The van der Waals surface area contributed by atoms with Crippen LogP contribution in [0.25, 0.3) is 0 Å². The van der Waals surface area contributed by atoms with Crippen LogP contribution in [0.2, 0.25) is 0 Å². The molecule has 0 radical (unpaired) electrons. The van der Waals surface area contributed by atoms with Gasteiger partial charge in [0.15, 0.2) is 0 Å². The third kappa shape index (κ3) is 3.27. The quantitative estimate of drug-likeness (QED) is 0.828. The van der Waals surface area contributed by atoms with Crippen LogP contribution >= 0.6 is 0 Å². The maximum absolute atomic E-state index is 11.5. The Balaban J connectivity index is 1.92. The molecule has 0 aliphatic carbocycles. The van der Waals surface area contributed by atoms with Crippen LogP contribution in [0.4, 0.5) is 0 Å². The Morgan fingerprint density at radius 3 is 2.55 bits per heavy atom. The molecule has 7 nitrogen and oxygen atoms in total. The van der Waals surface area contributed by atoms with E-state index in [1.807, 2.05) is 13.8 Å². The second-order valence-electron chi connectivity index (χ2n) is 4.28. The fourth-order valence-corrected chi connectivity index (χ4v) is 2.27. The molecule has 0 saturated carbocycles. The van der Waals surface area contributed by atoms with Crippen LogP contribution in [0.15, 0.2) is 26.1 Å². The van der Waals surface area contributed by atoms with Gasteiger partial charge in [-0.3, -0.25) is 0 Å². The first-order chi connectivity index (χ1) is 9.42. The van der Waals surface area contributed by atoms with Crippen molar-refractivity contribution in [2.24, 2.45) is 0 Å². The monoisotopic (exact) mass is 299 g/mol. The lowest BCUT2D eigenvalue weighted by atomic mass is 10.4. The molecule has 2 aromatic rings. The molecule has 2 aromatic heterocycles. The summed E-state index contributed by atoms with van der Waals surface area (Å²) in [6.07, 6.45) is 0. The molecule has 0 atom stereocenters. The predicted molar refractivity (Wildman–Crippen MR) is 71.5 cm³/mol. The highest BCUT2D eigenvalue weighted by atomic mass is 32.2. The second kappa shape index (κ2) is 5.78. The van der Waals surface area contributed by atoms with E-state index in [4.69, 9.17) is 8.83 Å².